The van der Waals surface area contributed by atoms with Crippen LogP contribution in [0.4, 0.5) is 0 Å². The third-order valence-corrected chi connectivity index (χ3v) is 2.81. The van der Waals surface area contributed by atoms with Crippen molar-refractivity contribution >= 4 is 26.0 Å². The molecule has 0 rings (SSSR count). The molecule has 0 fully saturated rings. The van der Waals surface area contributed by atoms with Gasteiger partial charge in [-0.2, -0.15) is 0 Å². The first-order chi connectivity index (χ1) is 4.63. The van der Waals surface area contributed by atoms with E-state index in [1.165, 1.54) is 0 Å². The van der Waals surface area contributed by atoms with Gasteiger partial charge >= 0.3 is 81.1 Å². The van der Waals surface area contributed by atoms with Gasteiger partial charge in [0.05, 0.1) is 0 Å². The van der Waals surface area contributed by atoms with Gasteiger partial charge in [-0.1, -0.05) is 0 Å². The fourth-order valence-corrected chi connectivity index (χ4v) is 2.12. The van der Waals surface area contributed by atoms with Crippen molar-refractivity contribution in [2.75, 3.05) is 0 Å². The zero-order chi connectivity index (χ0) is 9.28. The molecule has 1 atom stereocenters. The quantitative estimate of drug-likeness (QED) is 0.572. The van der Waals surface area contributed by atoms with Crippen molar-refractivity contribution in [1.29, 1.82) is 0 Å². The van der Waals surface area contributed by atoms with E-state index < -0.39 is 8.32 Å². The zero-order valence-corrected chi connectivity index (χ0v) is 9.99. The van der Waals surface area contributed by atoms with Crippen molar-refractivity contribution in [3.63, 3.8) is 0 Å². The SMILES string of the molecule is [Li][CH](O[Si](C)(C)C)C(C)(C)C. The summed E-state index contributed by atoms with van der Waals surface area (Å²) in [5, 5.41) is 0. The van der Waals surface area contributed by atoms with Gasteiger partial charge in [0.25, 0.3) is 0 Å². The van der Waals surface area contributed by atoms with E-state index in [9.17, 15) is 0 Å². The second-order valence-electron chi connectivity index (χ2n) is 5.24. The molecule has 0 aromatic carbocycles. The van der Waals surface area contributed by atoms with Crippen LogP contribution in [-0.2, 0) is 4.43 Å². The topological polar surface area (TPSA) is 9.23 Å². The van der Waals surface area contributed by atoms with Gasteiger partial charge in [0.2, 0.25) is 0 Å². The van der Waals surface area contributed by atoms with Crippen molar-refractivity contribution in [3.8, 4) is 0 Å². The molecule has 0 N–H and O–H groups in total. The monoisotopic (exact) mass is 166 g/mol. The van der Waals surface area contributed by atoms with Gasteiger partial charge in [-0.25, -0.2) is 0 Å². The summed E-state index contributed by atoms with van der Waals surface area (Å²) in [6.45, 7) is 13.4. The Morgan fingerprint density at radius 1 is 1.18 bits per heavy atom. The van der Waals surface area contributed by atoms with Gasteiger partial charge in [0, 0.05) is 0 Å². The standard InChI is InChI=1S/C8H19OSi.Li/c1-8(2,3)7-9-10(4,5)6;/h7H,1-6H3;. The third-order valence-electron chi connectivity index (χ3n) is 1.75. The number of hydrogen-bond donors (Lipinski definition) is 0. The Labute approximate surface area is 81.2 Å². The summed E-state index contributed by atoms with van der Waals surface area (Å²) in [4.78, 5) is 0. The van der Waals surface area contributed by atoms with Crippen LogP contribution in [0.3, 0.4) is 0 Å². The molecule has 0 aliphatic carbocycles. The van der Waals surface area contributed by atoms with Crippen LogP contribution >= 0.6 is 0 Å². The molecule has 0 aromatic rings. The summed E-state index contributed by atoms with van der Waals surface area (Å²) in [7, 11) is -1.33. The van der Waals surface area contributed by atoms with E-state index in [1.807, 2.05) is 0 Å². The van der Waals surface area contributed by atoms with Crippen molar-refractivity contribution < 1.29 is 4.43 Å². The Kier molecular flexibility index (Phi) is 3.92. The van der Waals surface area contributed by atoms with Gasteiger partial charge in [0.1, 0.15) is 0 Å². The minimum atomic E-state index is -1.33. The van der Waals surface area contributed by atoms with Crippen LogP contribution < -0.4 is 0 Å². The predicted molar refractivity (Wildman–Crippen MR) is 53.4 cm³/mol. The van der Waals surface area contributed by atoms with Crippen molar-refractivity contribution in [2.45, 2.75) is 45.2 Å². The average Bonchev–Trinajstić information content (AvgIpc) is 1.56. The second kappa shape index (κ2) is 3.66. The molecule has 1 unspecified atom stereocenters. The molecule has 62 valence electrons. The summed E-state index contributed by atoms with van der Waals surface area (Å²) < 4.78 is 6.31. The first kappa shape index (κ1) is 11.8. The van der Waals surface area contributed by atoms with E-state index in [1.54, 1.807) is 0 Å². The third kappa shape index (κ3) is 5.98. The normalized spacial score (nSPS) is 16.7. The maximum absolute atomic E-state index is 5.94. The first-order valence-corrected chi connectivity index (χ1v) is 7.71. The summed E-state index contributed by atoms with van der Waals surface area (Å²) in [6, 6.07) is 0. The molecule has 0 aliphatic rings. The van der Waals surface area contributed by atoms with Crippen molar-refractivity contribution in [3.05, 3.63) is 0 Å². The van der Waals surface area contributed by atoms with E-state index >= 15 is 0 Å². The van der Waals surface area contributed by atoms with Gasteiger partial charge in [-0.15, -0.1) is 0 Å². The zero-order valence-electron chi connectivity index (χ0n) is 8.99. The van der Waals surface area contributed by atoms with Crippen molar-refractivity contribution in [1.82, 2.24) is 0 Å². The molecule has 0 saturated carbocycles. The number of hydrogen-bond acceptors (Lipinski definition) is 1. The van der Waals surface area contributed by atoms with Crippen LogP contribution in [0, 0.1) is 5.41 Å². The van der Waals surface area contributed by atoms with Crippen LogP contribution in [0.1, 0.15) is 20.8 Å². The fourth-order valence-electron chi connectivity index (χ4n) is 0.707. The Bertz CT molecular complexity index is 123. The van der Waals surface area contributed by atoms with Gasteiger partial charge in [-0.05, 0) is 0 Å². The summed E-state index contributed by atoms with van der Waals surface area (Å²) in [5.74, 6) is 0. The average molecular weight is 166 g/mol. The molecule has 3 heteroatoms. The maximum atomic E-state index is 5.94. The Morgan fingerprint density at radius 2 is 1.55 bits per heavy atom. The second-order valence-corrected chi connectivity index (χ2v) is 9.70. The fraction of sp³-hybridized carbons (Fsp3) is 1.00. The first-order valence-electron chi connectivity index (χ1n) is 4.31. The molecule has 0 radical (unpaired) electrons. The summed E-state index contributed by atoms with van der Waals surface area (Å²) in [5.41, 5.74) is 0.278. The molecule has 11 heavy (non-hydrogen) atoms. The summed E-state index contributed by atoms with van der Waals surface area (Å²) >= 11 is 2.16. The van der Waals surface area contributed by atoms with Gasteiger partial charge in [-0.3, -0.25) is 0 Å². The molecule has 0 spiro atoms. The molecule has 1 nitrogen and oxygen atoms in total. The molecule has 0 aliphatic heterocycles. The Hall–Kier alpha value is 0.774. The molecule has 0 heterocycles. The minimum absolute atomic E-state index is 0.278. The van der Waals surface area contributed by atoms with E-state index in [-0.39, 0.29) is 5.41 Å². The van der Waals surface area contributed by atoms with Gasteiger partial charge < -0.3 is 0 Å². The molecule has 0 saturated heterocycles. The molecular weight excluding hydrogens is 147 g/mol. The van der Waals surface area contributed by atoms with E-state index in [2.05, 4.69) is 58.1 Å². The van der Waals surface area contributed by atoms with E-state index in [4.69, 9.17) is 4.43 Å². The van der Waals surface area contributed by atoms with Crippen molar-refractivity contribution in [2.24, 2.45) is 5.41 Å². The van der Waals surface area contributed by atoms with Crippen LogP contribution in [0.5, 0.6) is 0 Å². The Morgan fingerprint density at radius 3 is 1.64 bits per heavy atom. The molecular formula is C8H19LiOSi. The van der Waals surface area contributed by atoms with Crippen LogP contribution in [0.2, 0.25) is 19.6 Å². The van der Waals surface area contributed by atoms with Crippen LogP contribution in [0.25, 0.3) is 0 Å². The molecule has 0 bridgehead atoms. The number of rotatable bonds is 2. The molecule has 0 amide bonds. The van der Waals surface area contributed by atoms with E-state index in [0.717, 1.165) is 0 Å². The summed E-state index contributed by atoms with van der Waals surface area (Å²) in [6.07, 6.45) is 0. The predicted octanol–water partition coefficient (Wildman–Crippen LogP) is 2.38. The van der Waals surface area contributed by atoms with Gasteiger partial charge in [0.15, 0.2) is 0 Å². The Balaban J connectivity index is 3.99. The van der Waals surface area contributed by atoms with Crippen LogP contribution in [0.15, 0.2) is 0 Å². The van der Waals surface area contributed by atoms with Crippen LogP contribution in [-0.4, -0.2) is 30.8 Å². The molecule has 0 aromatic heterocycles. The van der Waals surface area contributed by atoms with E-state index in [0.29, 0.717) is 4.78 Å².